The molecule has 1 unspecified atom stereocenters. The lowest BCUT2D eigenvalue weighted by Gasteiger charge is -2.18. The van der Waals surface area contributed by atoms with Crippen molar-refractivity contribution < 1.29 is 28.6 Å². The van der Waals surface area contributed by atoms with Gasteiger partial charge in [-0.25, -0.2) is 0 Å². The number of hydrogen-bond acceptors (Lipinski definition) is 6. The lowest BCUT2D eigenvalue weighted by molar-refractivity contribution is -0.167. The van der Waals surface area contributed by atoms with Crippen LogP contribution in [0.1, 0.15) is 425 Å². The maximum atomic E-state index is 12.9. The Kier molecular flexibility index (Phi) is 68.0. The van der Waals surface area contributed by atoms with Gasteiger partial charge in [0.15, 0.2) is 6.10 Å². The summed E-state index contributed by atoms with van der Waals surface area (Å²) in [5.74, 6) is -0.839. The van der Waals surface area contributed by atoms with Gasteiger partial charge in [-0.15, -0.1) is 0 Å². The Bertz CT molecular complexity index is 1250. The van der Waals surface area contributed by atoms with Crippen molar-refractivity contribution in [3.05, 3.63) is 12.2 Å². The molecular weight excluding hydrogens is 985 g/mol. The number of unbranched alkanes of at least 4 members (excludes halogenated alkanes) is 56. The quantitative estimate of drug-likeness (QED) is 0.0261. The Morgan fingerprint density at radius 3 is 0.637 bits per heavy atom. The van der Waals surface area contributed by atoms with Crippen LogP contribution >= 0.6 is 0 Å². The fourth-order valence-corrected chi connectivity index (χ4v) is 11.5. The van der Waals surface area contributed by atoms with E-state index < -0.39 is 6.10 Å². The average Bonchev–Trinajstić information content (AvgIpc) is 3.46. The summed E-state index contributed by atoms with van der Waals surface area (Å²) in [4.78, 5) is 38.4. The highest BCUT2D eigenvalue weighted by Gasteiger charge is 2.20. The molecule has 6 nitrogen and oxygen atoms in total. The van der Waals surface area contributed by atoms with Gasteiger partial charge < -0.3 is 14.2 Å². The summed E-state index contributed by atoms with van der Waals surface area (Å²) in [5.41, 5.74) is 0. The molecule has 0 fully saturated rings. The number of hydrogen-bond donors (Lipinski definition) is 0. The van der Waals surface area contributed by atoms with Gasteiger partial charge in [0.2, 0.25) is 0 Å². The lowest BCUT2D eigenvalue weighted by atomic mass is 10.0. The summed E-state index contributed by atoms with van der Waals surface area (Å²) < 4.78 is 17.0. The summed E-state index contributed by atoms with van der Waals surface area (Å²) >= 11 is 0. The SMILES string of the molecule is CCCCCC/C=C\CCCCCCCC(=O)OCC(COC(=O)CCCCCCCCCCCCCCCCCCCCCCCCCCCCCCC)OC(=O)CCCCCCCCCCCCCCCCCCCCCC. The zero-order valence-corrected chi connectivity index (χ0v) is 54.6. The normalized spacial score (nSPS) is 12.0. The summed E-state index contributed by atoms with van der Waals surface area (Å²) in [7, 11) is 0. The van der Waals surface area contributed by atoms with Crippen molar-refractivity contribution in [3.8, 4) is 0 Å². The van der Waals surface area contributed by atoms with Crippen molar-refractivity contribution >= 4 is 17.9 Å². The topological polar surface area (TPSA) is 78.9 Å². The van der Waals surface area contributed by atoms with Gasteiger partial charge >= 0.3 is 17.9 Å². The van der Waals surface area contributed by atoms with Gasteiger partial charge in [-0.3, -0.25) is 14.4 Å². The Balaban J connectivity index is 4.15. The van der Waals surface area contributed by atoms with Crippen LogP contribution in [-0.2, 0) is 28.6 Å². The fraction of sp³-hybridized carbons (Fsp3) is 0.932. The Morgan fingerprint density at radius 2 is 0.412 bits per heavy atom. The molecular formula is C74H142O6. The minimum absolute atomic E-state index is 0.0656. The van der Waals surface area contributed by atoms with Crippen LogP contribution in [0.2, 0.25) is 0 Å². The molecule has 1 atom stereocenters. The van der Waals surface area contributed by atoms with Crippen LogP contribution in [0.4, 0.5) is 0 Å². The summed E-state index contributed by atoms with van der Waals surface area (Å²) in [6, 6.07) is 0. The third kappa shape index (κ3) is 66.9. The van der Waals surface area contributed by atoms with E-state index in [0.717, 1.165) is 64.2 Å². The minimum atomic E-state index is -0.770. The van der Waals surface area contributed by atoms with Crippen molar-refractivity contribution in [2.75, 3.05) is 13.2 Å². The molecule has 0 aromatic carbocycles. The second-order valence-corrected chi connectivity index (χ2v) is 25.2. The zero-order valence-electron chi connectivity index (χ0n) is 54.6. The predicted molar refractivity (Wildman–Crippen MR) is 349 cm³/mol. The molecule has 0 rings (SSSR count). The van der Waals surface area contributed by atoms with E-state index in [9.17, 15) is 14.4 Å². The highest BCUT2D eigenvalue weighted by molar-refractivity contribution is 5.71. The predicted octanol–water partition coefficient (Wildman–Crippen LogP) is 25.2. The van der Waals surface area contributed by atoms with Crippen molar-refractivity contribution in [1.29, 1.82) is 0 Å². The Hall–Kier alpha value is -1.85. The molecule has 0 heterocycles. The van der Waals surface area contributed by atoms with Crippen LogP contribution in [-0.4, -0.2) is 37.2 Å². The van der Waals surface area contributed by atoms with Crippen molar-refractivity contribution in [1.82, 2.24) is 0 Å². The van der Waals surface area contributed by atoms with Crippen LogP contribution in [0.15, 0.2) is 12.2 Å². The molecule has 6 heteroatoms. The highest BCUT2D eigenvalue weighted by Crippen LogP contribution is 2.19. The minimum Gasteiger partial charge on any atom is -0.462 e. The molecule has 80 heavy (non-hydrogen) atoms. The first-order chi connectivity index (χ1) is 39.5. The molecule has 0 saturated carbocycles. The van der Waals surface area contributed by atoms with E-state index >= 15 is 0 Å². The van der Waals surface area contributed by atoms with Crippen molar-refractivity contribution in [2.45, 2.75) is 431 Å². The molecule has 0 aromatic heterocycles. The van der Waals surface area contributed by atoms with Gasteiger partial charge in [0.1, 0.15) is 13.2 Å². The van der Waals surface area contributed by atoms with E-state index in [0.29, 0.717) is 19.3 Å². The maximum absolute atomic E-state index is 12.9. The average molecular weight is 1130 g/mol. The smallest absolute Gasteiger partial charge is 0.306 e. The van der Waals surface area contributed by atoms with Gasteiger partial charge in [0.25, 0.3) is 0 Å². The molecule has 0 spiro atoms. The van der Waals surface area contributed by atoms with Crippen molar-refractivity contribution in [2.24, 2.45) is 0 Å². The molecule has 0 amide bonds. The first-order valence-corrected chi connectivity index (χ1v) is 36.7. The molecule has 0 aliphatic rings. The van der Waals surface area contributed by atoms with Crippen LogP contribution < -0.4 is 0 Å². The molecule has 0 aliphatic carbocycles. The number of carbonyl (C=O) groups excluding carboxylic acids is 3. The van der Waals surface area contributed by atoms with E-state index in [4.69, 9.17) is 14.2 Å². The molecule has 0 bridgehead atoms. The third-order valence-corrected chi connectivity index (χ3v) is 17.0. The molecule has 0 aliphatic heterocycles. The summed E-state index contributed by atoms with van der Waals surface area (Å²) in [6.07, 6.45) is 84.0. The number of carbonyl (C=O) groups is 3. The number of rotatable bonds is 69. The molecule has 0 aromatic rings. The zero-order chi connectivity index (χ0) is 57.8. The summed E-state index contributed by atoms with van der Waals surface area (Å²) in [5, 5.41) is 0. The molecule has 474 valence electrons. The van der Waals surface area contributed by atoms with E-state index in [1.54, 1.807) is 0 Å². The standard InChI is InChI=1S/C74H142O6/c1-4-7-10-13-16-19-22-25-27-29-31-33-34-35-36-37-38-39-40-41-43-44-46-49-52-55-58-61-64-67-73(76)79-70-71(69-78-72(75)66-63-60-57-54-51-48-24-21-18-15-12-9-6-3)80-74(77)68-65-62-59-56-53-50-47-45-42-32-30-28-26-23-20-17-14-11-8-5-2/h21,24,71H,4-20,22-23,25-70H2,1-3H3/b24-21-. The van der Waals surface area contributed by atoms with Crippen LogP contribution in [0.3, 0.4) is 0 Å². The van der Waals surface area contributed by atoms with Crippen LogP contribution in [0.5, 0.6) is 0 Å². The van der Waals surface area contributed by atoms with Crippen LogP contribution in [0.25, 0.3) is 0 Å². The second kappa shape index (κ2) is 69.6. The van der Waals surface area contributed by atoms with Crippen LogP contribution in [0, 0.1) is 0 Å². The molecule has 0 N–H and O–H groups in total. The second-order valence-electron chi connectivity index (χ2n) is 25.2. The van der Waals surface area contributed by atoms with E-state index in [2.05, 4.69) is 32.9 Å². The number of esters is 3. The van der Waals surface area contributed by atoms with Crippen molar-refractivity contribution in [3.63, 3.8) is 0 Å². The fourth-order valence-electron chi connectivity index (χ4n) is 11.5. The first kappa shape index (κ1) is 78.1. The molecule has 0 saturated heterocycles. The number of ether oxygens (including phenoxy) is 3. The highest BCUT2D eigenvalue weighted by atomic mass is 16.6. The number of allylic oxidation sites excluding steroid dienone is 2. The van der Waals surface area contributed by atoms with Gasteiger partial charge in [-0.1, -0.05) is 373 Å². The monoisotopic (exact) mass is 1130 g/mol. The maximum Gasteiger partial charge on any atom is 0.306 e. The van der Waals surface area contributed by atoms with E-state index in [1.807, 2.05) is 0 Å². The summed E-state index contributed by atoms with van der Waals surface area (Å²) in [6.45, 7) is 6.71. The largest absolute Gasteiger partial charge is 0.462 e. The Labute approximate surface area is 501 Å². The van der Waals surface area contributed by atoms with Gasteiger partial charge in [0.05, 0.1) is 0 Å². The van der Waals surface area contributed by atoms with E-state index in [-0.39, 0.29) is 31.1 Å². The van der Waals surface area contributed by atoms with Gasteiger partial charge in [-0.2, -0.15) is 0 Å². The lowest BCUT2D eigenvalue weighted by Crippen LogP contribution is -2.30. The first-order valence-electron chi connectivity index (χ1n) is 36.7. The third-order valence-electron chi connectivity index (χ3n) is 17.0. The van der Waals surface area contributed by atoms with E-state index in [1.165, 1.54) is 321 Å². The molecule has 0 radical (unpaired) electrons. The van der Waals surface area contributed by atoms with Gasteiger partial charge in [0, 0.05) is 19.3 Å². The van der Waals surface area contributed by atoms with Gasteiger partial charge in [-0.05, 0) is 44.9 Å². The Morgan fingerprint density at radius 1 is 0.237 bits per heavy atom.